The van der Waals surface area contributed by atoms with Gasteiger partial charge in [-0.15, -0.1) is 0 Å². The first-order valence-corrected chi connectivity index (χ1v) is 12.5. The van der Waals surface area contributed by atoms with Gasteiger partial charge in [-0.25, -0.2) is 4.79 Å². The highest BCUT2D eigenvalue weighted by atomic mass is 19.4. The van der Waals surface area contributed by atoms with Crippen molar-refractivity contribution >= 4 is 0 Å². The van der Waals surface area contributed by atoms with Crippen LogP contribution in [0.5, 0.6) is 0 Å². The fraction of sp³-hybridized carbons (Fsp3) is 0.429. The van der Waals surface area contributed by atoms with Gasteiger partial charge in [0.25, 0.3) is 5.56 Å². The van der Waals surface area contributed by atoms with Crippen molar-refractivity contribution in [2.75, 3.05) is 19.8 Å². The van der Waals surface area contributed by atoms with Crippen LogP contribution >= 0.6 is 0 Å². The summed E-state index contributed by atoms with van der Waals surface area (Å²) in [4.78, 5) is 28.1. The van der Waals surface area contributed by atoms with E-state index in [0.717, 1.165) is 37.8 Å². The standard InChI is InChI=1S/C28H29F3N2O4/c29-28(30,31)24-8-4-5-19(16-24)15-22-17-33(26(35)32-25(22)34)27(18-36-13-14-37-27)23-11-9-21(10-12-23)20-6-2-1-3-7-20/h1-8,16-17,21,23H,9-15,18H2,(H,32,34,35). The Bertz CT molecular complexity index is 1340. The molecule has 1 unspecified atom stereocenters. The summed E-state index contributed by atoms with van der Waals surface area (Å²) in [6.45, 7) is 0.853. The zero-order chi connectivity index (χ0) is 26.0. The number of alkyl halides is 3. The van der Waals surface area contributed by atoms with Gasteiger partial charge in [-0.05, 0) is 48.8 Å². The molecule has 1 aliphatic heterocycles. The van der Waals surface area contributed by atoms with Crippen LogP contribution in [0.4, 0.5) is 13.2 Å². The molecule has 0 bridgehead atoms. The van der Waals surface area contributed by atoms with Crippen molar-refractivity contribution in [3.05, 3.63) is 104 Å². The maximum Gasteiger partial charge on any atom is 0.416 e. The SMILES string of the molecule is O=c1[nH]c(=O)n(C2(C3CCC(c4ccccc4)CC3)COCCO2)cc1Cc1cccc(C(F)(F)F)c1. The number of ether oxygens (including phenoxy) is 2. The lowest BCUT2D eigenvalue weighted by atomic mass is 9.74. The van der Waals surface area contributed by atoms with Crippen LogP contribution in [-0.2, 0) is 27.8 Å². The van der Waals surface area contributed by atoms with Crippen molar-refractivity contribution in [2.24, 2.45) is 5.92 Å². The van der Waals surface area contributed by atoms with Crippen molar-refractivity contribution in [1.29, 1.82) is 0 Å². The van der Waals surface area contributed by atoms with Crippen LogP contribution in [0.3, 0.4) is 0 Å². The molecule has 9 heteroatoms. The van der Waals surface area contributed by atoms with Gasteiger partial charge < -0.3 is 9.47 Å². The molecule has 0 radical (unpaired) electrons. The molecule has 1 aliphatic carbocycles. The Morgan fingerprint density at radius 2 is 1.73 bits per heavy atom. The van der Waals surface area contributed by atoms with Gasteiger partial charge in [-0.3, -0.25) is 14.3 Å². The molecule has 1 atom stereocenters. The maximum absolute atomic E-state index is 13.2. The number of aromatic amines is 1. The molecule has 6 nitrogen and oxygen atoms in total. The van der Waals surface area contributed by atoms with Gasteiger partial charge >= 0.3 is 11.9 Å². The number of hydrogen-bond donors (Lipinski definition) is 1. The lowest BCUT2D eigenvalue weighted by Gasteiger charge is -2.46. The third-order valence-electron chi connectivity index (χ3n) is 7.60. The Hall–Kier alpha value is -3.17. The van der Waals surface area contributed by atoms with Gasteiger partial charge in [0.1, 0.15) is 0 Å². The van der Waals surface area contributed by atoms with Crippen LogP contribution in [0.1, 0.15) is 53.9 Å². The highest BCUT2D eigenvalue weighted by Crippen LogP contribution is 2.44. The molecule has 1 aromatic heterocycles. The van der Waals surface area contributed by atoms with E-state index in [0.29, 0.717) is 24.7 Å². The number of benzene rings is 2. The second kappa shape index (κ2) is 10.3. The number of H-pyrrole nitrogens is 1. The average Bonchev–Trinajstić information content (AvgIpc) is 2.91. The molecule has 5 rings (SSSR count). The number of aromatic nitrogens is 2. The number of rotatable bonds is 5. The van der Waals surface area contributed by atoms with Crippen molar-refractivity contribution in [2.45, 2.75) is 49.9 Å². The summed E-state index contributed by atoms with van der Waals surface area (Å²) < 4.78 is 53.1. The molecule has 2 aromatic carbocycles. The Morgan fingerprint density at radius 1 is 0.973 bits per heavy atom. The van der Waals surface area contributed by atoms with Crippen LogP contribution in [-0.4, -0.2) is 29.4 Å². The lowest BCUT2D eigenvalue weighted by molar-refractivity contribution is -0.238. The quantitative estimate of drug-likeness (QED) is 0.530. The Balaban J connectivity index is 1.46. The fourth-order valence-electron chi connectivity index (χ4n) is 5.71. The normalized spacial score (nSPS) is 24.6. The highest BCUT2D eigenvalue weighted by molar-refractivity contribution is 5.29. The third-order valence-corrected chi connectivity index (χ3v) is 7.60. The minimum Gasteiger partial charge on any atom is -0.374 e. The summed E-state index contributed by atoms with van der Waals surface area (Å²) in [6, 6.07) is 15.2. The Kier molecular flexibility index (Phi) is 7.09. The van der Waals surface area contributed by atoms with Crippen molar-refractivity contribution < 1.29 is 22.6 Å². The molecule has 2 aliphatic rings. The summed E-state index contributed by atoms with van der Waals surface area (Å²) in [6.07, 6.45) is 0.354. The van der Waals surface area contributed by atoms with Crippen LogP contribution in [0, 0.1) is 5.92 Å². The van der Waals surface area contributed by atoms with E-state index >= 15 is 0 Å². The minimum atomic E-state index is -4.49. The highest BCUT2D eigenvalue weighted by Gasteiger charge is 2.46. The predicted octanol–water partition coefficient (Wildman–Crippen LogP) is 4.82. The second-order valence-corrected chi connectivity index (χ2v) is 9.86. The molecule has 0 spiro atoms. The summed E-state index contributed by atoms with van der Waals surface area (Å²) in [5, 5.41) is 0. The van der Waals surface area contributed by atoms with Crippen molar-refractivity contribution in [3.63, 3.8) is 0 Å². The lowest BCUT2D eigenvalue weighted by Crippen LogP contribution is -2.56. The maximum atomic E-state index is 13.2. The molecule has 3 aromatic rings. The van der Waals surface area contributed by atoms with Crippen molar-refractivity contribution in [3.8, 4) is 0 Å². The van der Waals surface area contributed by atoms with Gasteiger partial charge in [-0.2, -0.15) is 13.2 Å². The van der Waals surface area contributed by atoms with Gasteiger partial charge in [-0.1, -0.05) is 48.5 Å². The Labute approximate surface area is 212 Å². The molecule has 2 heterocycles. The number of nitrogens with one attached hydrogen (secondary N) is 1. The van der Waals surface area contributed by atoms with E-state index in [1.54, 1.807) is 0 Å². The molecular weight excluding hydrogens is 485 g/mol. The molecule has 1 N–H and O–H groups in total. The number of hydrogen-bond acceptors (Lipinski definition) is 4. The van der Waals surface area contributed by atoms with E-state index in [2.05, 4.69) is 17.1 Å². The van der Waals surface area contributed by atoms with Gasteiger partial charge in [0.2, 0.25) is 0 Å². The molecule has 196 valence electrons. The van der Waals surface area contributed by atoms with E-state index in [-0.39, 0.29) is 24.5 Å². The van der Waals surface area contributed by atoms with Crippen LogP contribution < -0.4 is 11.2 Å². The van der Waals surface area contributed by atoms with E-state index < -0.39 is 28.7 Å². The largest absolute Gasteiger partial charge is 0.416 e. The van der Waals surface area contributed by atoms with E-state index in [9.17, 15) is 22.8 Å². The summed E-state index contributed by atoms with van der Waals surface area (Å²) in [5.41, 5.74) is -1.32. The molecule has 2 fully saturated rings. The zero-order valence-electron chi connectivity index (χ0n) is 20.3. The first-order valence-electron chi connectivity index (χ1n) is 12.5. The topological polar surface area (TPSA) is 73.3 Å². The van der Waals surface area contributed by atoms with E-state index in [1.807, 2.05) is 18.2 Å². The fourth-order valence-corrected chi connectivity index (χ4v) is 5.71. The molecule has 1 saturated heterocycles. The van der Waals surface area contributed by atoms with Crippen LogP contribution in [0.15, 0.2) is 70.4 Å². The van der Waals surface area contributed by atoms with E-state index in [1.165, 1.54) is 28.5 Å². The average molecular weight is 515 g/mol. The summed E-state index contributed by atoms with van der Waals surface area (Å²) in [5.74, 6) is 0.389. The summed E-state index contributed by atoms with van der Waals surface area (Å²) in [7, 11) is 0. The molecular formula is C28H29F3N2O4. The molecule has 37 heavy (non-hydrogen) atoms. The number of nitrogens with zero attached hydrogens (tertiary/aromatic N) is 1. The monoisotopic (exact) mass is 514 g/mol. The zero-order valence-corrected chi connectivity index (χ0v) is 20.3. The third kappa shape index (κ3) is 5.29. The first-order chi connectivity index (χ1) is 17.8. The van der Waals surface area contributed by atoms with Crippen molar-refractivity contribution in [1.82, 2.24) is 9.55 Å². The predicted molar refractivity (Wildman–Crippen MR) is 131 cm³/mol. The number of halogens is 3. The van der Waals surface area contributed by atoms with Gasteiger partial charge in [0, 0.05) is 24.1 Å². The van der Waals surface area contributed by atoms with Gasteiger partial charge in [0.15, 0.2) is 5.72 Å². The minimum absolute atomic E-state index is 0.0298. The van der Waals surface area contributed by atoms with Crippen LogP contribution in [0.25, 0.3) is 0 Å². The van der Waals surface area contributed by atoms with Crippen LogP contribution in [0.2, 0.25) is 0 Å². The van der Waals surface area contributed by atoms with Gasteiger partial charge in [0.05, 0.1) is 25.4 Å². The molecule has 1 saturated carbocycles. The molecule has 0 amide bonds. The summed E-state index contributed by atoms with van der Waals surface area (Å²) >= 11 is 0. The smallest absolute Gasteiger partial charge is 0.374 e. The first kappa shape index (κ1) is 25.5. The second-order valence-electron chi connectivity index (χ2n) is 9.86. The Morgan fingerprint density at radius 3 is 2.41 bits per heavy atom. The van der Waals surface area contributed by atoms with E-state index in [4.69, 9.17) is 9.47 Å².